The molecule has 0 saturated carbocycles. The van der Waals surface area contributed by atoms with E-state index in [2.05, 4.69) is 10.3 Å². The number of hydrogen-bond acceptors (Lipinski definition) is 3. The normalized spacial score (nSPS) is 17.5. The van der Waals surface area contributed by atoms with Gasteiger partial charge in [0, 0.05) is 38.1 Å². The highest BCUT2D eigenvalue weighted by atomic mass is 35.5. The van der Waals surface area contributed by atoms with E-state index in [0.29, 0.717) is 56.7 Å². The maximum atomic E-state index is 13.3. The Bertz CT molecular complexity index is 1370. The van der Waals surface area contributed by atoms with Crippen molar-refractivity contribution in [2.24, 2.45) is 18.9 Å². The average molecular weight is 595 g/mol. The number of anilines is 1. The zero-order valence-corrected chi connectivity index (χ0v) is 22.6. The van der Waals surface area contributed by atoms with E-state index in [4.69, 9.17) is 23.2 Å². The Labute approximate surface area is 231 Å². The first-order valence-electron chi connectivity index (χ1n) is 12.2. The second-order valence-electron chi connectivity index (χ2n) is 9.79. The Balaban J connectivity index is 1.55. The molecule has 2 heterocycles. The molecule has 0 aliphatic carbocycles. The van der Waals surface area contributed by atoms with Crippen LogP contribution in [0.1, 0.15) is 36.7 Å². The first kappa shape index (κ1) is 29.3. The molecule has 1 fully saturated rings. The van der Waals surface area contributed by atoms with Gasteiger partial charge in [-0.2, -0.15) is 26.3 Å². The van der Waals surface area contributed by atoms with E-state index < -0.39 is 30.1 Å². The van der Waals surface area contributed by atoms with Gasteiger partial charge in [0.2, 0.25) is 5.91 Å². The Morgan fingerprint density at radius 1 is 1.13 bits per heavy atom. The lowest BCUT2D eigenvalue weighted by Gasteiger charge is -2.35. The number of amides is 1. The van der Waals surface area contributed by atoms with Gasteiger partial charge >= 0.3 is 12.4 Å². The van der Waals surface area contributed by atoms with Crippen molar-refractivity contribution in [2.45, 2.75) is 45.1 Å². The van der Waals surface area contributed by atoms with Crippen molar-refractivity contribution in [3.05, 3.63) is 57.3 Å². The fourth-order valence-electron chi connectivity index (χ4n) is 4.65. The first-order chi connectivity index (χ1) is 18.1. The van der Waals surface area contributed by atoms with Gasteiger partial charge in [-0.05, 0) is 49.1 Å². The number of imidazole rings is 1. The molecule has 1 aliphatic heterocycles. The minimum Gasteiger partial charge on any atom is -0.370 e. The summed E-state index contributed by atoms with van der Waals surface area (Å²) in [5.41, 5.74) is 2.95. The monoisotopic (exact) mass is 594 g/mol. The van der Waals surface area contributed by atoms with Gasteiger partial charge in [0.1, 0.15) is 11.7 Å². The predicted octanol–water partition coefficient (Wildman–Crippen LogP) is 7.06. The first-order valence-corrected chi connectivity index (χ1v) is 13.0. The van der Waals surface area contributed by atoms with Gasteiger partial charge in [0.25, 0.3) is 0 Å². The quantitative estimate of drug-likeness (QED) is 0.311. The molecule has 2 atom stereocenters. The van der Waals surface area contributed by atoms with Crippen molar-refractivity contribution >= 4 is 45.8 Å². The van der Waals surface area contributed by atoms with Gasteiger partial charge in [-0.15, -0.1) is 0 Å². The molecule has 1 amide bonds. The number of carbonyl (C=O) groups excluding carboxylic acids is 1. The summed E-state index contributed by atoms with van der Waals surface area (Å²) < 4.78 is 80.2. The molecule has 2 aromatic carbocycles. The number of rotatable bonds is 6. The van der Waals surface area contributed by atoms with E-state index in [1.807, 2.05) is 0 Å². The smallest absolute Gasteiger partial charge is 0.370 e. The minimum atomic E-state index is -4.63. The number of halogens is 8. The summed E-state index contributed by atoms with van der Waals surface area (Å²) in [6, 6.07) is 8.25. The van der Waals surface area contributed by atoms with E-state index in [9.17, 15) is 31.1 Å². The molecule has 1 aromatic heterocycles. The van der Waals surface area contributed by atoms with Crippen LogP contribution in [0.4, 0.5) is 32.0 Å². The van der Waals surface area contributed by atoms with Crippen LogP contribution in [0.2, 0.25) is 10.0 Å². The van der Waals surface area contributed by atoms with Gasteiger partial charge in [-0.3, -0.25) is 4.79 Å². The highest BCUT2D eigenvalue weighted by Gasteiger charge is 2.42. The van der Waals surface area contributed by atoms with Crippen LogP contribution in [0.5, 0.6) is 0 Å². The number of alkyl halides is 6. The van der Waals surface area contributed by atoms with Crippen LogP contribution in [-0.2, 0) is 24.8 Å². The second-order valence-corrected chi connectivity index (χ2v) is 10.6. The van der Waals surface area contributed by atoms with E-state index in [1.165, 1.54) is 0 Å². The predicted molar refractivity (Wildman–Crippen MR) is 138 cm³/mol. The molecule has 1 saturated heterocycles. The topological polar surface area (TPSA) is 50.2 Å². The van der Waals surface area contributed by atoms with Crippen LogP contribution in [0, 0.1) is 11.8 Å². The largest absolute Gasteiger partial charge is 0.400 e. The van der Waals surface area contributed by atoms with Crippen molar-refractivity contribution in [1.82, 2.24) is 14.9 Å². The zero-order valence-electron chi connectivity index (χ0n) is 21.1. The Kier molecular flexibility index (Phi) is 8.33. The third-order valence-electron chi connectivity index (χ3n) is 7.08. The fourth-order valence-corrected chi connectivity index (χ4v) is 5.11. The Morgan fingerprint density at radius 2 is 1.85 bits per heavy atom. The lowest BCUT2D eigenvalue weighted by molar-refractivity contribution is -0.179. The van der Waals surface area contributed by atoms with Gasteiger partial charge < -0.3 is 14.8 Å². The van der Waals surface area contributed by atoms with Crippen LogP contribution in [0.25, 0.3) is 11.0 Å². The molecular weight excluding hydrogens is 569 g/mol. The molecule has 0 spiro atoms. The summed E-state index contributed by atoms with van der Waals surface area (Å²) >= 11 is 12.9. The van der Waals surface area contributed by atoms with E-state index >= 15 is 0 Å². The third kappa shape index (κ3) is 6.57. The summed E-state index contributed by atoms with van der Waals surface area (Å²) in [5, 5.41) is 3.00. The molecular formula is C26H26Cl2F6N4O. The van der Waals surface area contributed by atoms with Crippen LogP contribution in [0.15, 0.2) is 30.3 Å². The lowest BCUT2D eigenvalue weighted by atomic mass is 9.97. The highest BCUT2D eigenvalue weighted by Crippen LogP contribution is 2.38. The number of piperidine rings is 1. The fraction of sp³-hybridized carbons (Fsp3) is 0.462. The number of nitrogens with zero attached hydrogens (tertiary/aromatic N) is 3. The summed E-state index contributed by atoms with van der Waals surface area (Å²) in [4.78, 5) is 18.1. The van der Waals surface area contributed by atoms with Crippen LogP contribution in [0.3, 0.4) is 0 Å². The Hall–Kier alpha value is -2.66. The molecule has 3 aromatic rings. The molecule has 1 aliphatic rings. The number of fused-ring (bicyclic) bond motifs is 1. The van der Waals surface area contributed by atoms with Gasteiger partial charge in [-0.1, -0.05) is 35.3 Å². The van der Waals surface area contributed by atoms with E-state index in [1.54, 1.807) is 46.8 Å². The molecule has 1 N–H and O–H groups in total. The number of benzene rings is 2. The van der Waals surface area contributed by atoms with E-state index in [0.717, 1.165) is 6.92 Å². The minimum absolute atomic E-state index is 0.0839. The molecule has 39 heavy (non-hydrogen) atoms. The van der Waals surface area contributed by atoms with Crippen molar-refractivity contribution in [1.29, 1.82) is 0 Å². The molecule has 212 valence electrons. The van der Waals surface area contributed by atoms with Crippen molar-refractivity contribution in [3.8, 4) is 0 Å². The van der Waals surface area contributed by atoms with Crippen molar-refractivity contribution in [3.63, 3.8) is 0 Å². The van der Waals surface area contributed by atoms with Crippen molar-refractivity contribution < 1.29 is 31.1 Å². The Morgan fingerprint density at radius 3 is 2.51 bits per heavy atom. The molecule has 13 heteroatoms. The van der Waals surface area contributed by atoms with Crippen LogP contribution < -0.4 is 10.2 Å². The molecule has 4 rings (SSSR count). The summed E-state index contributed by atoms with van der Waals surface area (Å²) in [6.07, 6.45) is -8.16. The van der Waals surface area contributed by atoms with Crippen LogP contribution in [-0.4, -0.2) is 40.9 Å². The highest BCUT2D eigenvalue weighted by molar-refractivity contribution is 6.34. The molecule has 0 bridgehead atoms. The molecule has 0 radical (unpaired) electrons. The number of carbonyl (C=O) groups is 1. The standard InChI is InChI=1S/C26H26Cl2F6N4O/c1-14(25(29,30)31)24(39)35-12-15-5-6-18(27)16(8-15)9-23-36-20-10-19(28)21(11-22(20)37(23)2)38-7-3-4-17(13-38)26(32,33)34/h5-6,8,10-11,14,17H,3-4,7,9,12-13H2,1-2H3,(H,35,39). The number of hydrogen-bond donors (Lipinski definition) is 1. The van der Waals surface area contributed by atoms with Gasteiger partial charge in [-0.25, -0.2) is 4.98 Å². The number of aromatic nitrogens is 2. The second kappa shape index (κ2) is 11.1. The number of aryl methyl sites for hydroxylation is 1. The number of nitrogens with one attached hydrogen (secondary N) is 1. The van der Waals surface area contributed by atoms with Crippen molar-refractivity contribution in [2.75, 3.05) is 18.0 Å². The summed E-state index contributed by atoms with van der Waals surface area (Å²) in [7, 11) is 1.77. The SMILES string of the molecule is CC(C(=O)NCc1ccc(Cl)c(Cc2nc3cc(Cl)c(N4CCCC(C(F)(F)F)C4)cc3n2C)c1)C(F)(F)F. The van der Waals surface area contributed by atoms with Gasteiger partial charge in [0.05, 0.1) is 27.7 Å². The summed E-state index contributed by atoms with van der Waals surface area (Å²) in [5.74, 6) is -4.09. The van der Waals surface area contributed by atoms with Gasteiger partial charge in [0.15, 0.2) is 0 Å². The zero-order chi connectivity index (χ0) is 28.7. The average Bonchev–Trinajstić information content (AvgIpc) is 3.16. The van der Waals surface area contributed by atoms with Crippen LogP contribution >= 0.6 is 23.2 Å². The van der Waals surface area contributed by atoms with E-state index in [-0.39, 0.29) is 25.9 Å². The molecule has 2 unspecified atom stereocenters. The summed E-state index contributed by atoms with van der Waals surface area (Å²) in [6.45, 7) is 0.981. The third-order valence-corrected chi connectivity index (χ3v) is 7.75. The maximum absolute atomic E-state index is 13.3. The molecule has 5 nitrogen and oxygen atoms in total. The maximum Gasteiger partial charge on any atom is 0.400 e. The lowest BCUT2D eigenvalue weighted by Crippen LogP contribution is -2.41.